The second-order valence-electron chi connectivity index (χ2n) is 7.67. The van der Waals surface area contributed by atoms with Crippen LogP contribution in [0.3, 0.4) is 0 Å². The Kier molecular flexibility index (Phi) is 8.54. The van der Waals surface area contributed by atoms with Crippen LogP contribution in [0.1, 0.15) is 31.5 Å². The van der Waals surface area contributed by atoms with Crippen molar-refractivity contribution in [3.63, 3.8) is 0 Å². The SMILES string of the molecule is CC(C)CC(N)C(=O)NC(Cc1cnc[nH]1)C(=O)NC(Cc1ccccc1)C(=O)O. The quantitative estimate of drug-likeness (QED) is 0.363. The van der Waals surface area contributed by atoms with Gasteiger partial charge in [0.05, 0.1) is 12.4 Å². The molecule has 2 aromatic rings. The summed E-state index contributed by atoms with van der Waals surface area (Å²) in [6, 6.07) is 6.11. The van der Waals surface area contributed by atoms with Crippen LogP contribution in [-0.2, 0) is 27.2 Å². The summed E-state index contributed by atoms with van der Waals surface area (Å²) in [5, 5.41) is 14.7. The summed E-state index contributed by atoms with van der Waals surface area (Å²) < 4.78 is 0. The first-order valence-electron chi connectivity index (χ1n) is 9.86. The molecule has 9 nitrogen and oxygen atoms in total. The molecule has 0 fully saturated rings. The average molecular weight is 415 g/mol. The van der Waals surface area contributed by atoms with E-state index in [1.807, 2.05) is 19.9 Å². The third-order valence-electron chi connectivity index (χ3n) is 4.57. The molecule has 9 heteroatoms. The summed E-state index contributed by atoms with van der Waals surface area (Å²) in [5.41, 5.74) is 7.34. The lowest BCUT2D eigenvalue weighted by atomic mass is 10.0. The molecule has 1 aromatic heterocycles. The Labute approximate surface area is 175 Å². The Bertz CT molecular complexity index is 823. The first-order chi connectivity index (χ1) is 14.3. The van der Waals surface area contributed by atoms with E-state index in [0.717, 1.165) is 5.56 Å². The summed E-state index contributed by atoms with van der Waals surface area (Å²) in [4.78, 5) is 43.9. The maximum absolute atomic E-state index is 12.9. The molecule has 0 aliphatic carbocycles. The molecule has 2 rings (SSSR count). The molecule has 2 amide bonds. The highest BCUT2D eigenvalue weighted by atomic mass is 16.4. The van der Waals surface area contributed by atoms with Crippen molar-refractivity contribution in [2.24, 2.45) is 11.7 Å². The molecule has 0 radical (unpaired) electrons. The number of carbonyl (C=O) groups excluding carboxylic acids is 2. The van der Waals surface area contributed by atoms with E-state index in [1.165, 1.54) is 6.33 Å². The monoisotopic (exact) mass is 415 g/mol. The van der Waals surface area contributed by atoms with E-state index in [-0.39, 0.29) is 18.8 Å². The van der Waals surface area contributed by atoms with Crippen molar-refractivity contribution in [3.8, 4) is 0 Å². The van der Waals surface area contributed by atoms with Crippen LogP contribution in [0, 0.1) is 5.92 Å². The summed E-state index contributed by atoms with van der Waals surface area (Å²) >= 11 is 0. The van der Waals surface area contributed by atoms with Gasteiger partial charge in [0.25, 0.3) is 0 Å². The van der Waals surface area contributed by atoms with Crippen LogP contribution < -0.4 is 16.4 Å². The number of rotatable bonds is 11. The number of hydrogen-bond acceptors (Lipinski definition) is 5. The molecule has 1 heterocycles. The zero-order valence-electron chi connectivity index (χ0n) is 17.2. The highest BCUT2D eigenvalue weighted by molar-refractivity contribution is 5.92. The number of benzene rings is 1. The van der Waals surface area contributed by atoms with Gasteiger partial charge in [-0.2, -0.15) is 0 Å². The molecule has 0 spiro atoms. The first-order valence-corrected chi connectivity index (χ1v) is 9.86. The van der Waals surface area contributed by atoms with Crippen LogP contribution in [0.2, 0.25) is 0 Å². The number of carboxylic acid groups (broad SMARTS) is 1. The van der Waals surface area contributed by atoms with Crippen molar-refractivity contribution >= 4 is 17.8 Å². The third kappa shape index (κ3) is 7.32. The van der Waals surface area contributed by atoms with Crippen molar-refractivity contribution in [3.05, 3.63) is 54.1 Å². The van der Waals surface area contributed by atoms with Gasteiger partial charge < -0.3 is 26.5 Å². The van der Waals surface area contributed by atoms with E-state index >= 15 is 0 Å². The van der Waals surface area contributed by atoms with Crippen LogP contribution in [0.5, 0.6) is 0 Å². The van der Waals surface area contributed by atoms with Gasteiger partial charge in [-0.3, -0.25) is 9.59 Å². The molecule has 3 atom stereocenters. The van der Waals surface area contributed by atoms with Crippen molar-refractivity contribution in [1.82, 2.24) is 20.6 Å². The molecular weight excluding hydrogens is 386 g/mol. The summed E-state index contributed by atoms with van der Waals surface area (Å²) in [5.74, 6) is -2.00. The van der Waals surface area contributed by atoms with E-state index < -0.39 is 35.9 Å². The van der Waals surface area contributed by atoms with E-state index in [2.05, 4.69) is 20.6 Å². The van der Waals surface area contributed by atoms with Gasteiger partial charge in [-0.05, 0) is 17.9 Å². The van der Waals surface area contributed by atoms with Crippen molar-refractivity contribution in [2.75, 3.05) is 0 Å². The number of nitrogens with two attached hydrogens (primary N) is 1. The molecule has 0 saturated carbocycles. The minimum Gasteiger partial charge on any atom is -0.480 e. The highest BCUT2D eigenvalue weighted by Gasteiger charge is 2.28. The van der Waals surface area contributed by atoms with Crippen molar-refractivity contribution in [1.29, 1.82) is 0 Å². The Morgan fingerprint density at radius 2 is 1.73 bits per heavy atom. The number of aromatic amines is 1. The maximum Gasteiger partial charge on any atom is 0.326 e. The van der Waals surface area contributed by atoms with Gasteiger partial charge in [0.2, 0.25) is 11.8 Å². The zero-order chi connectivity index (χ0) is 22.1. The predicted octanol–water partition coefficient (Wildman–Crippen LogP) is 0.623. The first kappa shape index (κ1) is 23.1. The van der Waals surface area contributed by atoms with Gasteiger partial charge in [0.1, 0.15) is 12.1 Å². The number of imidazole rings is 1. The number of hydrogen-bond donors (Lipinski definition) is 5. The molecular formula is C21H29N5O4. The Balaban J connectivity index is 2.11. The molecule has 162 valence electrons. The summed E-state index contributed by atoms with van der Waals surface area (Å²) in [6.45, 7) is 3.89. The molecule has 1 aromatic carbocycles. The fourth-order valence-electron chi connectivity index (χ4n) is 3.04. The maximum atomic E-state index is 12.9. The van der Waals surface area contributed by atoms with Crippen LogP contribution >= 0.6 is 0 Å². The minimum atomic E-state index is -1.16. The smallest absolute Gasteiger partial charge is 0.326 e. The molecule has 6 N–H and O–H groups in total. The molecule has 0 aliphatic heterocycles. The van der Waals surface area contributed by atoms with E-state index in [9.17, 15) is 19.5 Å². The zero-order valence-corrected chi connectivity index (χ0v) is 17.2. The largest absolute Gasteiger partial charge is 0.480 e. The van der Waals surface area contributed by atoms with Gasteiger partial charge in [0.15, 0.2) is 0 Å². The van der Waals surface area contributed by atoms with Crippen LogP contribution in [0.25, 0.3) is 0 Å². The van der Waals surface area contributed by atoms with Gasteiger partial charge >= 0.3 is 5.97 Å². The second-order valence-corrected chi connectivity index (χ2v) is 7.67. The number of nitrogens with zero attached hydrogens (tertiary/aromatic N) is 1. The number of carbonyl (C=O) groups is 3. The van der Waals surface area contributed by atoms with Gasteiger partial charge in [-0.1, -0.05) is 44.2 Å². The number of nitrogens with one attached hydrogen (secondary N) is 3. The third-order valence-corrected chi connectivity index (χ3v) is 4.57. The van der Waals surface area contributed by atoms with E-state index in [1.54, 1.807) is 30.5 Å². The average Bonchev–Trinajstić information content (AvgIpc) is 3.20. The second kappa shape index (κ2) is 11.1. The Morgan fingerprint density at radius 3 is 2.30 bits per heavy atom. The lowest BCUT2D eigenvalue weighted by Crippen LogP contribution is -2.55. The van der Waals surface area contributed by atoms with Crippen LogP contribution in [-0.4, -0.2) is 51.0 Å². The molecule has 3 unspecified atom stereocenters. The van der Waals surface area contributed by atoms with Crippen LogP contribution in [0.4, 0.5) is 0 Å². The highest BCUT2D eigenvalue weighted by Crippen LogP contribution is 2.07. The lowest BCUT2D eigenvalue weighted by molar-refractivity contribution is -0.142. The van der Waals surface area contributed by atoms with Crippen molar-refractivity contribution < 1.29 is 19.5 Å². The summed E-state index contributed by atoms with van der Waals surface area (Å²) in [7, 11) is 0. The van der Waals surface area contributed by atoms with Crippen LogP contribution in [0.15, 0.2) is 42.9 Å². The Hall–Kier alpha value is -3.20. The fraction of sp³-hybridized carbons (Fsp3) is 0.429. The number of aromatic nitrogens is 2. The molecule has 0 bridgehead atoms. The lowest BCUT2D eigenvalue weighted by Gasteiger charge is -2.23. The minimum absolute atomic E-state index is 0.125. The fourth-order valence-corrected chi connectivity index (χ4v) is 3.04. The molecule has 0 saturated heterocycles. The van der Waals surface area contributed by atoms with Gasteiger partial charge in [-0.25, -0.2) is 9.78 Å². The van der Waals surface area contributed by atoms with E-state index in [4.69, 9.17) is 5.73 Å². The van der Waals surface area contributed by atoms with Gasteiger partial charge in [0, 0.05) is 24.7 Å². The number of carboxylic acids is 1. The van der Waals surface area contributed by atoms with Gasteiger partial charge in [-0.15, -0.1) is 0 Å². The number of amides is 2. The Morgan fingerprint density at radius 1 is 1.07 bits per heavy atom. The molecule has 0 aliphatic rings. The topological polar surface area (TPSA) is 150 Å². The van der Waals surface area contributed by atoms with Crippen molar-refractivity contribution in [2.45, 2.75) is 51.2 Å². The predicted molar refractivity (Wildman–Crippen MR) is 111 cm³/mol. The number of aliphatic carboxylic acids is 1. The summed E-state index contributed by atoms with van der Waals surface area (Å²) in [6.07, 6.45) is 3.73. The van der Waals surface area contributed by atoms with E-state index in [0.29, 0.717) is 12.1 Å². The standard InChI is InChI=1S/C21H29N5O4/c1-13(2)8-16(22)19(27)25-17(10-15-11-23-12-24-15)20(28)26-18(21(29)30)9-14-6-4-3-5-7-14/h3-7,11-13,16-18H,8-10,22H2,1-2H3,(H,23,24)(H,25,27)(H,26,28)(H,29,30). The molecule has 30 heavy (non-hydrogen) atoms. The number of H-pyrrole nitrogens is 1. The normalized spacial score (nSPS) is 14.0.